The molecular formula is C25H38N2O3. The first-order chi connectivity index (χ1) is 14.1. The third-order valence-electron chi connectivity index (χ3n) is 9.20. The fraction of sp³-hybridized carbons (Fsp3) is 0.800. The van der Waals surface area contributed by atoms with Crippen molar-refractivity contribution in [3.8, 4) is 0 Å². The van der Waals surface area contributed by atoms with E-state index in [1.54, 1.807) is 4.90 Å². The second-order valence-corrected chi connectivity index (χ2v) is 11.1. The molecule has 0 aliphatic heterocycles. The van der Waals surface area contributed by atoms with Crippen molar-refractivity contribution in [1.82, 2.24) is 4.90 Å². The molecule has 0 heterocycles. The van der Waals surface area contributed by atoms with Gasteiger partial charge in [-0.25, -0.2) is 4.79 Å². The van der Waals surface area contributed by atoms with Crippen LogP contribution in [0.1, 0.15) is 72.1 Å². The Hall–Kier alpha value is -1.49. The second kappa shape index (κ2) is 7.89. The summed E-state index contributed by atoms with van der Waals surface area (Å²) in [5.41, 5.74) is 2.88. The van der Waals surface area contributed by atoms with Gasteiger partial charge in [-0.15, -0.1) is 0 Å². The van der Waals surface area contributed by atoms with Crippen molar-refractivity contribution in [3.05, 3.63) is 11.6 Å². The van der Waals surface area contributed by atoms with E-state index in [4.69, 9.17) is 4.84 Å². The van der Waals surface area contributed by atoms with Crippen molar-refractivity contribution in [2.45, 2.75) is 72.1 Å². The minimum absolute atomic E-state index is 0.223. The molecule has 6 atom stereocenters. The van der Waals surface area contributed by atoms with Crippen LogP contribution < -0.4 is 0 Å². The molecule has 0 saturated heterocycles. The Morgan fingerprint density at radius 2 is 1.90 bits per heavy atom. The minimum Gasteiger partial charge on any atom is -0.317 e. The first kappa shape index (κ1) is 21.7. The van der Waals surface area contributed by atoms with Gasteiger partial charge in [0, 0.05) is 12.3 Å². The number of rotatable bonds is 4. The number of allylic oxidation sites excluding steroid dienone is 1. The Balaban J connectivity index is 1.51. The van der Waals surface area contributed by atoms with Crippen LogP contribution in [0.5, 0.6) is 0 Å². The molecule has 4 rings (SSSR count). The predicted octanol–water partition coefficient (Wildman–Crippen LogP) is 4.62. The summed E-state index contributed by atoms with van der Waals surface area (Å²) in [7, 11) is 3.71. The maximum Gasteiger partial charge on any atom is 0.348 e. The van der Waals surface area contributed by atoms with Crippen molar-refractivity contribution < 1.29 is 14.4 Å². The third kappa shape index (κ3) is 3.57. The Morgan fingerprint density at radius 1 is 1.13 bits per heavy atom. The zero-order valence-corrected chi connectivity index (χ0v) is 19.4. The topological polar surface area (TPSA) is 59.0 Å². The third-order valence-corrected chi connectivity index (χ3v) is 9.20. The maximum atomic E-state index is 12.0. The monoisotopic (exact) mass is 414 g/mol. The van der Waals surface area contributed by atoms with Gasteiger partial charge in [-0.2, -0.15) is 0 Å². The van der Waals surface area contributed by atoms with Gasteiger partial charge in [-0.1, -0.05) is 24.6 Å². The highest BCUT2D eigenvalue weighted by atomic mass is 16.7. The van der Waals surface area contributed by atoms with Gasteiger partial charge in [0.25, 0.3) is 0 Å². The molecule has 0 bridgehead atoms. The van der Waals surface area contributed by atoms with Gasteiger partial charge in [-0.3, -0.25) is 9.69 Å². The van der Waals surface area contributed by atoms with Gasteiger partial charge in [0.2, 0.25) is 0 Å². The SMILES string of the molecule is C/C(=N\OC(=O)CN(C)C)[C@H]1CC[C@H]2[C@@H]3CCC4=CC(=O)CC[C@]4(C)[C@H]3CC[C@]12C. The lowest BCUT2D eigenvalue weighted by Crippen LogP contribution is -2.51. The molecule has 166 valence electrons. The molecule has 0 amide bonds. The van der Waals surface area contributed by atoms with Gasteiger partial charge in [0.05, 0.1) is 12.3 Å². The summed E-state index contributed by atoms with van der Waals surface area (Å²) in [5, 5.41) is 4.28. The molecule has 3 saturated carbocycles. The zero-order chi connectivity index (χ0) is 21.7. The lowest BCUT2D eigenvalue weighted by molar-refractivity contribution is -0.144. The molecule has 5 heteroatoms. The predicted molar refractivity (Wildman–Crippen MR) is 118 cm³/mol. The van der Waals surface area contributed by atoms with Crippen molar-refractivity contribution in [1.29, 1.82) is 0 Å². The van der Waals surface area contributed by atoms with Crippen LogP contribution in [-0.4, -0.2) is 43.0 Å². The van der Waals surface area contributed by atoms with Crippen LogP contribution in [-0.2, 0) is 14.4 Å². The molecule has 0 aromatic carbocycles. The Kier molecular flexibility index (Phi) is 5.71. The number of ketones is 1. The van der Waals surface area contributed by atoms with E-state index in [0.717, 1.165) is 37.3 Å². The van der Waals surface area contributed by atoms with Crippen LogP contribution in [0.3, 0.4) is 0 Å². The van der Waals surface area contributed by atoms with Crippen LogP contribution in [0.15, 0.2) is 16.8 Å². The average molecular weight is 415 g/mol. The molecule has 0 unspecified atom stereocenters. The summed E-state index contributed by atoms with van der Waals surface area (Å²) >= 11 is 0. The second-order valence-electron chi connectivity index (χ2n) is 11.1. The fourth-order valence-electron chi connectivity index (χ4n) is 7.72. The number of carbonyl (C=O) groups is 2. The Morgan fingerprint density at radius 3 is 2.63 bits per heavy atom. The molecule has 0 aromatic rings. The van der Waals surface area contributed by atoms with Gasteiger partial charge in [-0.05, 0) is 101 Å². The summed E-state index contributed by atoms with van der Waals surface area (Å²) in [6.07, 6.45) is 10.9. The fourth-order valence-corrected chi connectivity index (χ4v) is 7.72. The number of hydrogen-bond acceptors (Lipinski definition) is 5. The number of hydrogen-bond donors (Lipinski definition) is 0. The highest BCUT2D eigenvalue weighted by Crippen LogP contribution is 2.66. The van der Waals surface area contributed by atoms with Crippen molar-refractivity contribution >= 4 is 17.5 Å². The molecule has 0 spiro atoms. The van der Waals surface area contributed by atoms with E-state index < -0.39 is 0 Å². The molecule has 4 aliphatic carbocycles. The largest absolute Gasteiger partial charge is 0.348 e. The summed E-state index contributed by atoms with van der Waals surface area (Å²) in [5.74, 6) is 2.59. The number of fused-ring (bicyclic) bond motifs is 5. The number of oxime groups is 1. The van der Waals surface area contributed by atoms with Crippen LogP contribution in [0.25, 0.3) is 0 Å². The van der Waals surface area contributed by atoms with Gasteiger partial charge >= 0.3 is 5.97 Å². The van der Waals surface area contributed by atoms with Crippen molar-refractivity contribution in [2.24, 2.45) is 39.7 Å². The summed E-state index contributed by atoms with van der Waals surface area (Å²) in [4.78, 5) is 30.9. The maximum absolute atomic E-state index is 12.0. The molecular weight excluding hydrogens is 376 g/mol. The van der Waals surface area contributed by atoms with Crippen LogP contribution in [0.2, 0.25) is 0 Å². The van der Waals surface area contributed by atoms with E-state index in [0.29, 0.717) is 23.5 Å². The summed E-state index contributed by atoms with van der Waals surface area (Å²) in [6.45, 7) is 7.20. The molecule has 3 fully saturated rings. The standard InChI is InChI=1S/C25H38N2O3/c1-16(26-30-23(29)15-27(4)5)20-8-9-21-19-7-6-17-14-18(28)10-12-24(17,2)22(19)11-13-25(20,21)3/h14,19-22H,6-13,15H2,1-5H3/b26-16+/t19-,20+,21-,22-,24-,25+/m0/s1. The van der Waals surface area contributed by atoms with E-state index in [1.807, 2.05) is 27.1 Å². The van der Waals surface area contributed by atoms with Gasteiger partial charge in [0.15, 0.2) is 5.78 Å². The van der Waals surface area contributed by atoms with Crippen LogP contribution in [0.4, 0.5) is 0 Å². The lowest BCUT2D eigenvalue weighted by atomic mass is 9.46. The molecule has 0 N–H and O–H groups in total. The lowest BCUT2D eigenvalue weighted by Gasteiger charge is -2.58. The molecule has 0 aromatic heterocycles. The van der Waals surface area contributed by atoms with Crippen molar-refractivity contribution in [2.75, 3.05) is 20.6 Å². The Bertz CT molecular complexity index is 785. The Labute approximate surface area is 181 Å². The smallest absolute Gasteiger partial charge is 0.317 e. The molecule has 5 nitrogen and oxygen atoms in total. The summed E-state index contributed by atoms with van der Waals surface area (Å²) < 4.78 is 0. The first-order valence-electron chi connectivity index (χ1n) is 11.8. The summed E-state index contributed by atoms with van der Waals surface area (Å²) in [6, 6.07) is 0. The van der Waals surface area contributed by atoms with E-state index in [1.165, 1.54) is 31.3 Å². The molecule has 30 heavy (non-hydrogen) atoms. The highest BCUT2D eigenvalue weighted by Gasteiger charge is 2.59. The van der Waals surface area contributed by atoms with E-state index in [-0.39, 0.29) is 23.3 Å². The normalized spacial score (nSPS) is 41.1. The van der Waals surface area contributed by atoms with Gasteiger partial charge < -0.3 is 4.84 Å². The van der Waals surface area contributed by atoms with E-state index in [2.05, 4.69) is 19.0 Å². The first-order valence-corrected chi connectivity index (χ1v) is 11.8. The number of likely N-dealkylation sites (N-methyl/N-ethyl adjacent to an activating group) is 1. The minimum atomic E-state index is -0.297. The molecule has 0 radical (unpaired) electrons. The average Bonchev–Trinajstić information content (AvgIpc) is 3.03. The van der Waals surface area contributed by atoms with Crippen LogP contribution in [0, 0.1) is 34.5 Å². The molecule has 4 aliphatic rings. The zero-order valence-electron chi connectivity index (χ0n) is 19.4. The van der Waals surface area contributed by atoms with Gasteiger partial charge in [0.1, 0.15) is 0 Å². The number of nitrogens with zero attached hydrogens (tertiary/aromatic N) is 2. The highest BCUT2D eigenvalue weighted by molar-refractivity contribution is 5.91. The van der Waals surface area contributed by atoms with Crippen LogP contribution >= 0.6 is 0 Å². The van der Waals surface area contributed by atoms with E-state index >= 15 is 0 Å². The number of carbonyl (C=O) groups excluding carboxylic acids is 2. The quantitative estimate of drug-likeness (QED) is 0.383. The van der Waals surface area contributed by atoms with E-state index in [9.17, 15) is 9.59 Å². The van der Waals surface area contributed by atoms with Crippen molar-refractivity contribution in [3.63, 3.8) is 0 Å².